The zero-order valence-electron chi connectivity index (χ0n) is 18.6. The van der Waals surface area contributed by atoms with Crippen LogP contribution in [0.5, 0.6) is 11.5 Å². The predicted octanol–water partition coefficient (Wildman–Crippen LogP) is 3.40. The van der Waals surface area contributed by atoms with Gasteiger partial charge in [-0.3, -0.25) is 4.79 Å². The molecule has 0 saturated carbocycles. The Balaban J connectivity index is 1.94. The molecular weight excluding hydrogens is 418 g/mol. The van der Waals surface area contributed by atoms with Gasteiger partial charge in [-0.25, -0.2) is 4.99 Å². The molecule has 0 fully saturated rings. The zero-order chi connectivity index (χ0) is 23.3. The van der Waals surface area contributed by atoms with E-state index in [1.165, 1.54) is 13.2 Å². The number of carbonyl (C=O) groups is 1. The number of hydrogen-bond acceptors (Lipinski definition) is 4. The van der Waals surface area contributed by atoms with Crippen molar-refractivity contribution in [2.45, 2.75) is 33.0 Å². The number of methoxy groups -OCH3 is 1. The first kappa shape index (κ1) is 24.9. The van der Waals surface area contributed by atoms with E-state index in [-0.39, 0.29) is 24.6 Å². The highest BCUT2D eigenvalue weighted by molar-refractivity contribution is 5.81. The summed E-state index contributed by atoms with van der Waals surface area (Å²) in [4.78, 5) is 18.5. The summed E-state index contributed by atoms with van der Waals surface area (Å²) < 4.78 is 35.1. The van der Waals surface area contributed by atoms with Crippen molar-refractivity contribution < 1.29 is 23.0 Å². The summed E-state index contributed by atoms with van der Waals surface area (Å²) in [6.07, 6.45) is 0.284. The molecule has 0 spiro atoms. The zero-order valence-corrected chi connectivity index (χ0v) is 18.6. The standard InChI is InChI=1S/C23H30F2N4O3/c1-4-26-23(27-13-12-21(30)29(2)16-17-8-6-5-7-9-17)28-15-18-14-19(31-3)10-11-20(18)32-22(24)25/h5-11,14,22H,4,12-13,15-16H2,1-3H3,(H2,26,27,28). The van der Waals surface area contributed by atoms with Crippen LogP contribution in [0.25, 0.3) is 0 Å². The second-order valence-electron chi connectivity index (χ2n) is 6.96. The second kappa shape index (κ2) is 13.1. The van der Waals surface area contributed by atoms with Gasteiger partial charge in [-0.2, -0.15) is 8.78 Å². The Morgan fingerprint density at radius 3 is 2.56 bits per heavy atom. The molecule has 0 aromatic heterocycles. The molecule has 2 N–H and O–H groups in total. The number of halogens is 2. The van der Waals surface area contributed by atoms with Crippen LogP contribution < -0.4 is 20.1 Å². The molecule has 7 nitrogen and oxygen atoms in total. The molecule has 9 heteroatoms. The Bertz CT molecular complexity index is 879. The van der Waals surface area contributed by atoms with Gasteiger partial charge in [0, 0.05) is 38.7 Å². The van der Waals surface area contributed by atoms with Crippen molar-refractivity contribution in [2.75, 3.05) is 27.2 Å². The third kappa shape index (κ3) is 8.41. The summed E-state index contributed by atoms with van der Waals surface area (Å²) in [5.74, 6) is 1.02. The van der Waals surface area contributed by atoms with Gasteiger partial charge in [0.05, 0.1) is 13.7 Å². The Kier molecular flexibility index (Phi) is 10.2. The van der Waals surface area contributed by atoms with Gasteiger partial charge >= 0.3 is 6.61 Å². The van der Waals surface area contributed by atoms with Crippen molar-refractivity contribution in [1.82, 2.24) is 15.5 Å². The maximum atomic E-state index is 12.7. The number of ether oxygens (including phenoxy) is 2. The molecule has 0 aliphatic heterocycles. The summed E-state index contributed by atoms with van der Waals surface area (Å²) >= 11 is 0. The van der Waals surface area contributed by atoms with Crippen molar-refractivity contribution in [3.8, 4) is 11.5 Å². The maximum absolute atomic E-state index is 12.7. The Hall–Kier alpha value is -3.36. The number of rotatable bonds is 11. The van der Waals surface area contributed by atoms with E-state index >= 15 is 0 Å². The van der Waals surface area contributed by atoms with Crippen LogP contribution in [0.2, 0.25) is 0 Å². The third-order valence-corrected chi connectivity index (χ3v) is 4.56. The van der Waals surface area contributed by atoms with Gasteiger partial charge < -0.3 is 25.0 Å². The predicted molar refractivity (Wildman–Crippen MR) is 120 cm³/mol. The molecule has 32 heavy (non-hydrogen) atoms. The maximum Gasteiger partial charge on any atom is 0.387 e. The lowest BCUT2D eigenvalue weighted by Crippen LogP contribution is -2.39. The van der Waals surface area contributed by atoms with E-state index < -0.39 is 6.61 Å². The van der Waals surface area contributed by atoms with E-state index in [1.54, 1.807) is 24.1 Å². The molecule has 0 aliphatic carbocycles. The number of nitrogens with zero attached hydrogens (tertiary/aromatic N) is 2. The van der Waals surface area contributed by atoms with Crippen LogP contribution in [0.15, 0.2) is 53.5 Å². The van der Waals surface area contributed by atoms with Crippen LogP contribution in [0.1, 0.15) is 24.5 Å². The minimum Gasteiger partial charge on any atom is -0.497 e. The summed E-state index contributed by atoms with van der Waals surface area (Å²) in [5.41, 5.74) is 1.52. The molecule has 1 amide bonds. The largest absolute Gasteiger partial charge is 0.497 e. The van der Waals surface area contributed by atoms with E-state index in [1.807, 2.05) is 37.3 Å². The van der Waals surface area contributed by atoms with Crippen molar-refractivity contribution >= 4 is 11.9 Å². The van der Waals surface area contributed by atoms with Gasteiger partial charge in [-0.05, 0) is 30.7 Å². The average molecular weight is 449 g/mol. The third-order valence-electron chi connectivity index (χ3n) is 4.56. The minimum absolute atomic E-state index is 0.00221. The van der Waals surface area contributed by atoms with Crippen molar-refractivity contribution in [3.05, 3.63) is 59.7 Å². The topological polar surface area (TPSA) is 75.2 Å². The molecule has 0 radical (unpaired) electrons. The molecule has 2 aromatic rings. The number of benzene rings is 2. The van der Waals surface area contributed by atoms with Crippen molar-refractivity contribution in [3.63, 3.8) is 0 Å². The van der Waals surface area contributed by atoms with Gasteiger partial charge in [0.25, 0.3) is 0 Å². The number of carbonyl (C=O) groups excluding carboxylic acids is 1. The quantitative estimate of drug-likeness (QED) is 0.407. The fraction of sp³-hybridized carbons (Fsp3) is 0.391. The highest BCUT2D eigenvalue weighted by Gasteiger charge is 2.12. The van der Waals surface area contributed by atoms with Gasteiger partial charge in [0.1, 0.15) is 11.5 Å². The SMILES string of the molecule is CCNC(=NCc1cc(OC)ccc1OC(F)F)NCCC(=O)N(C)Cc1ccccc1. The first-order valence-electron chi connectivity index (χ1n) is 10.3. The minimum atomic E-state index is -2.93. The van der Waals surface area contributed by atoms with Gasteiger partial charge in [-0.1, -0.05) is 30.3 Å². The van der Waals surface area contributed by atoms with Gasteiger partial charge in [0.15, 0.2) is 5.96 Å². The first-order chi connectivity index (χ1) is 15.4. The highest BCUT2D eigenvalue weighted by atomic mass is 19.3. The summed E-state index contributed by atoms with van der Waals surface area (Å²) in [7, 11) is 3.26. The normalized spacial score (nSPS) is 11.2. The molecule has 0 unspecified atom stereocenters. The number of alkyl halides is 2. The van der Waals surface area contributed by atoms with Crippen LogP contribution in [-0.2, 0) is 17.9 Å². The van der Waals surface area contributed by atoms with E-state index in [0.717, 1.165) is 5.56 Å². The van der Waals surface area contributed by atoms with Crippen LogP contribution >= 0.6 is 0 Å². The fourth-order valence-electron chi connectivity index (χ4n) is 2.95. The van der Waals surface area contributed by atoms with Gasteiger partial charge in [0.2, 0.25) is 5.91 Å². The Morgan fingerprint density at radius 2 is 1.91 bits per heavy atom. The lowest BCUT2D eigenvalue weighted by molar-refractivity contribution is -0.130. The van der Waals surface area contributed by atoms with Crippen LogP contribution in [-0.4, -0.2) is 50.6 Å². The monoisotopic (exact) mass is 448 g/mol. The molecule has 174 valence electrons. The number of amides is 1. The molecular formula is C23H30F2N4O3. The molecule has 2 rings (SSSR count). The van der Waals surface area contributed by atoms with E-state index in [0.29, 0.717) is 36.9 Å². The summed E-state index contributed by atoms with van der Waals surface area (Å²) in [6, 6.07) is 14.3. The molecule has 0 aliphatic rings. The highest BCUT2D eigenvalue weighted by Crippen LogP contribution is 2.26. The number of hydrogen-bond donors (Lipinski definition) is 2. The molecule has 0 atom stereocenters. The number of guanidine groups is 1. The van der Waals surface area contributed by atoms with Gasteiger partial charge in [-0.15, -0.1) is 0 Å². The first-order valence-corrected chi connectivity index (χ1v) is 10.3. The van der Waals surface area contributed by atoms with Crippen LogP contribution in [0, 0.1) is 0 Å². The Morgan fingerprint density at radius 1 is 1.16 bits per heavy atom. The fourth-order valence-corrected chi connectivity index (χ4v) is 2.95. The lowest BCUT2D eigenvalue weighted by Gasteiger charge is -2.18. The van der Waals surface area contributed by atoms with Crippen LogP contribution in [0.4, 0.5) is 8.78 Å². The van der Waals surface area contributed by atoms with Crippen LogP contribution in [0.3, 0.4) is 0 Å². The van der Waals surface area contributed by atoms with E-state index in [2.05, 4.69) is 20.4 Å². The second-order valence-corrected chi connectivity index (χ2v) is 6.96. The van der Waals surface area contributed by atoms with Crippen molar-refractivity contribution in [2.24, 2.45) is 4.99 Å². The lowest BCUT2D eigenvalue weighted by atomic mass is 10.2. The molecule has 0 bridgehead atoms. The number of aliphatic imine (C=N–C) groups is 1. The molecule has 0 heterocycles. The molecule has 0 saturated heterocycles. The average Bonchev–Trinajstić information content (AvgIpc) is 2.78. The smallest absolute Gasteiger partial charge is 0.387 e. The summed E-state index contributed by atoms with van der Waals surface area (Å²) in [6.45, 7) is 0.588. The van der Waals surface area contributed by atoms with Crippen molar-refractivity contribution in [1.29, 1.82) is 0 Å². The number of nitrogens with one attached hydrogen (secondary N) is 2. The summed E-state index contributed by atoms with van der Waals surface area (Å²) in [5, 5.41) is 6.18. The van der Waals surface area contributed by atoms with E-state index in [9.17, 15) is 13.6 Å². The Labute approximate surface area is 187 Å². The van der Waals surface area contributed by atoms with E-state index in [4.69, 9.17) is 4.74 Å². The molecule has 2 aromatic carbocycles.